The van der Waals surface area contributed by atoms with E-state index < -0.39 is 0 Å². The third-order valence-electron chi connectivity index (χ3n) is 4.94. The highest BCUT2D eigenvalue weighted by molar-refractivity contribution is 5.96. The van der Waals surface area contributed by atoms with Crippen LogP contribution in [-0.2, 0) is 6.42 Å². The van der Waals surface area contributed by atoms with E-state index in [4.69, 9.17) is 9.05 Å². The molecule has 2 aliphatic rings. The van der Waals surface area contributed by atoms with Crippen molar-refractivity contribution in [2.24, 2.45) is 5.92 Å². The Morgan fingerprint density at radius 3 is 2.75 bits per heavy atom. The van der Waals surface area contributed by atoms with Gasteiger partial charge in [-0.05, 0) is 45.4 Å². The van der Waals surface area contributed by atoms with Crippen molar-refractivity contribution in [2.75, 3.05) is 13.1 Å². The van der Waals surface area contributed by atoms with E-state index >= 15 is 0 Å². The summed E-state index contributed by atoms with van der Waals surface area (Å²) < 4.78 is 10.5. The molecule has 1 aliphatic heterocycles. The van der Waals surface area contributed by atoms with Crippen LogP contribution in [-0.4, -0.2) is 39.2 Å². The predicted octanol–water partition coefficient (Wildman–Crippen LogP) is 2.65. The van der Waals surface area contributed by atoms with Crippen molar-refractivity contribution in [3.63, 3.8) is 0 Å². The van der Waals surface area contributed by atoms with Crippen molar-refractivity contribution in [3.8, 4) is 0 Å². The predicted molar refractivity (Wildman–Crippen MR) is 84.6 cm³/mol. The Morgan fingerprint density at radius 1 is 1.21 bits per heavy atom. The molecule has 1 saturated carbocycles. The highest BCUT2D eigenvalue weighted by Crippen LogP contribution is 2.38. The number of amides is 1. The Balaban J connectivity index is 1.42. The molecule has 0 N–H and O–H groups in total. The number of aromatic nitrogens is 3. The lowest BCUT2D eigenvalue weighted by atomic mass is 9.94. The van der Waals surface area contributed by atoms with Crippen molar-refractivity contribution < 1.29 is 13.8 Å². The second-order valence-electron chi connectivity index (χ2n) is 6.98. The van der Waals surface area contributed by atoms with Crippen LogP contribution < -0.4 is 0 Å². The van der Waals surface area contributed by atoms with Gasteiger partial charge in [0, 0.05) is 25.4 Å². The first-order chi connectivity index (χ1) is 11.6. The summed E-state index contributed by atoms with van der Waals surface area (Å²) in [6.45, 7) is 5.08. The quantitative estimate of drug-likeness (QED) is 0.856. The Kier molecular flexibility index (Phi) is 3.86. The van der Waals surface area contributed by atoms with Gasteiger partial charge in [-0.25, -0.2) is 0 Å². The van der Waals surface area contributed by atoms with Gasteiger partial charge < -0.3 is 13.9 Å². The van der Waals surface area contributed by atoms with E-state index in [1.165, 1.54) is 12.8 Å². The van der Waals surface area contributed by atoms with Crippen LogP contribution in [0, 0.1) is 19.8 Å². The molecule has 1 saturated heterocycles. The average molecular weight is 330 g/mol. The molecule has 2 aromatic rings. The lowest BCUT2D eigenvalue weighted by Gasteiger charge is -2.32. The van der Waals surface area contributed by atoms with Crippen molar-refractivity contribution in [3.05, 3.63) is 28.7 Å². The standard InChI is InChI=1S/C17H22N4O3/c1-10-15(11(2)23-19-10)17(22)21-7-3-4-12(9-21)8-14-18-16(20-24-14)13-5-6-13/h12-13H,3-9H2,1-2H3. The van der Waals surface area contributed by atoms with Crippen LogP contribution in [0.2, 0.25) is 0 Å². The summed E-state index contributed by atoms with van der Waals surface area (Å²) in [5, 5.41) is 7.96. The Morgan fingerprint density at radius 2 is 2.04 bits per heavy atom. The largest absolute Gasteiger partial charge is 0.361 e. The summed E-state index contributed by atoms with van der Waals surface area (Å²) in [7, 11) is 0. The SMILES string of the molecule is Cc1noc(C)c1C(=O)N1CCCC(Cc2nc(C3CC3)no2)C1. The number of likely N-dealkylation sites (tertiary alicyclic amines) is 1. The molecule has 0 bridgehead atoms. The van der Waals surface area contributed by atoms with Crippen LogP contribution in [0.25, 0.3) is 0 Å². The Hall–Kier alpha value is -2.18. The van der Waals surface area contributed by atoms with Gasteiger partial charge >= 0.3 is 0 Å². The maximum absolute atomic E-state index is 12.8. The number of hydrogen-bond acceptors (Lipinski definition) is 6. The van der Waals surface area contributed by atoms with E-state index in [1.807, 2.05) is 11.8 Å². The molecule has 0 radical (unpaired) electrons. The van der Waals surface area contributed by atoms with E-state index in [0.29, 0.717) is 41.3 Å². The molecule has 7 heteroatoms. The van der Waals surface area contributed by atoms with Gasteiger partial charge in [-0.2, -0.15) is 4.98 Å². The highest BCUT2D eigenvalue weighted by atomic mass is 16.5. The molecular weight excluding hydrogens is 308 g/mol. The normalized spacial score (nSPS) is 21.2. The summed E-state index contributed by atoms with van der Waals surface area (Å²) in [6, 6.07) is 0. The molecule has 1 amide bonds. The number of hydrogen-bond donors (Lipinski definition) is 0. The van der Waals surface area contributed by atoms with E-state index in [1.54, 1.807) is 6.92 Å². The fourth-order valence-electron chi connectivity index (χ4n) is 3.47. The van der Waals surface area contributed by atoms with Crippen molar-refractivity contribution >= 4 is 5.91 Å². The fraction of sp³-hybridized carbons (Fsp3) is 0.647. The van der Waals surface area contributed by atoms with Crippen LogP contribution in [0.1, 0.15) is 65.1 Å². The summed E-state index contributed by atoms with van der Waals surface area (Å²) in [5.74, 6) is 3.02. The van der Waals surface area contributed by atoms with Crippen molar-refractivity contribution in [1.82, 2.24) is 20.2 Å². The molecule has 3 heterocycles. The fourth-order valence-corrected chi connectivity index (χ4v) is 3.47. The van der Waals surface area contributed by atoms with Crippen LogP contribution in [0.15, 0.2) is 9.05 Å². The topological polar surface area (TPSA) is 85.3 Å². The maximum Gasteiger partial charge on any atom is 0.259 e. The lowest BCUT2D eigenvalue weighted by molar-refractivity contribution is 0.0665. The molecule has 7 nitrogen and oxygen atoms in total. The van der Waals surface area contributed by atoms with Crippen molar-refractivity contribution in [2.45, 2.75) is 51.9 Å². The average Bonchev–Trinajstić information content (AvgIpc) is 3.24. The van der Waals surface area contributed by atoms with Crippen LogP contribution in [0.4, 0.5) is 0 Å². The molecule has 1 aliphatic carbocycles. The molecule has 4 rings (SSSR count). The zero-order valence-corrected chi connectivity index (χ0v) is 14.1. The van der Waals surface area contributed by atoms with Gasteiger partial charge in [0.1, 0.15) is 11.3 Å². The molecule has 0 spiro atoms. The zero-order chi connectivity index (χ0) is 16.7. The van der Waals surface area contributed by atoms with Crippen molar-refractivity contribution in [1.29, 1.82) is 0 Å². The van der Waals surface area contributed by atoms with Gasteiger partial charge in [-0.1, -0.05) is 10.3 Å². The zero-order valence-electron chi connectivity index (χ0n) is 14.1. The first-order valence-electron chi connectivity index (χ1n) is 8.66. The summed E-state index contributed by atoms with van der Waals surface area (Å²) in [4.78, 5) is 19.2. The third-order valence-corrected chi connectivity index (χ3v) is 4.94. The van der Waals surface area contributed by atoms with Crippen LogP contribution in [0.5, 0.6) is 0 Å². The number of aryl methyl sites for hydroxylation is 2. The molecule has 1 atom stereocenters. The highest BCUT2D eigenvalue weighted by Gasteiger charge is 2.31. The number of carbonyl (C=O) groups excluding carboxylic acids is 1. The van der Waals surface area contributed by atoms with E-state index in [-0.39, 0.29) is 5.91 Å². The summed E-state index contributed by atoms with van der Waals surface area (Å²) in [5.41, 5.74) is 1.26. The van der Waals surface area contributed by atoms with Gasteiger partial charge in [0.15, 0.2) is 5.82 Å². The minimum Gasteiger partial charge on any atom is -0.361 e. The summed E-state index contributed by atoms with van der Waals surface area (Å²) >= 11 is 0. The number of carbonyl (C=O) groups is 1. The minimum atomic E-state index is 0.0140. The maximum atomic E-state index is 12.8. The first-order valence-corrected chi connectivity index (χ1v) is 8.66. The monoisotopic (exact) mass is 330 g/mol. The molecule has 0 aromatic carbocycles. The van der Waals surface area contributed by atoms with Gasteiger partial charge in [-0.15, -0.1) is 0 Å². The molecular formula is C17H22N4O3. The number of piperidine rings is 1. The van der Waals surface area contributed by atoms with Gasteiger partial charge in [0.2, 0.25) is 5.89 Å². The summed E-state index contributed by atoms with van der Waals surface area (Å²) in [6.07, 6.45) is 5.14. The first kappa shape index (κ1) is 15.4. The Labute approximate surface area is 140 Å². The van der Waals surface area contributed by atoms with Crippen LogP contribution in [0.3, 0.4) is 0 Å². The number of rotatable bonds is 4. The lowest BCUT2D eigenvalue weighted by Crippen LogP contribution is -2.40. The van der Waals surface area contributed by atoms with Gasteiger partial charge in [-0.3, -0.25) is 4.79 Å². The third kappa shape index (κ3) is 2.95. The smallest absolute Gasteiger partial charge is 0.259 e. The second-order valence-corrected chi connectivity index (χ2v) is 6.98. The molecule has 24 heavy (non-hydrogen) atoms. The number of nitrogens with zero attached hydrogens (tertiary/aromatic N) is 4. The van der Waals surface area contributed by atoms with E-state index in [9.17, 15) is 4.79 Å². The molecule has 128 valence electrons. The molecule has 2 aromatic heterocycles. The van der Waals surface area contributed by atoms with Crippen LogP contribution >= 0.6 is 0 Å². The Bertz CT molecular complexity index is 727. The van der Waals surface area contributed by atoms with Gasteiger partial charge in [0.25, 0.3) is 5.91 Å². The van der Waals surface area contributed by atoms with E-state index in [2.05, 4.69) is 15.3 Å². The minimum absolute atomic E-state index is 0.0140. The second kappa shape index (κ2) is 6.03. The molecule has 1 unspecified atom stereocenters. The van der Waals surface area contributed by atoms with Gasteiger partial charge in [0.05, 0.1) is 5.69 Å². The van der Waals surface area contributed by atoms with E-state index in [0.717, 1.165) is 31.6 Å². The molecule has 2 fully saturated rings.